The van der Waals surface area contributed by atoms with Gasteiger partial charge in [-0.2, -0.15) is 0 Å². The average molecular weight is 234 g/mol. The molecule has 1 N–H and O–H groups in total. The van der Waals surface area contributed by atoms with E-state index in [1.165, 1.54) is 11.1 Å². The molecule has 1 heteroatoms. The van der Waals surface area contributed by atoms with E-state index in [4.69, 9.17) is 5.11 Å². The van der Waals surface area contributed by atoms with E-state index in [2.05, 4.69) is 39.5 Å². The van der Waals surface area contributed by atoms with Crippen LogP contribution in [-0.4, -0.2) is 11.7 Å². The quantitative estimate of drug-likeness (QED) is 0.482. The summed E-state index contributed by atoms with van der Waals surface area (Å²) in [5.74, 6) is 0. The molecule has 0 bridgehead atoms. The lowest BCUT2D eigenvalue weighted by Crippen LogP contribution is -1.81. The molecule has 0 spiro atoms. The van der Waals surface area contributed by atoms with Crippen LogP contribution < -0.4 is 0 Å². The van der Waals surface area contributed by atoms with Gasteiger partial charge in [-0.15, -0.1) is 0 Å². The van der Waals surface area contributed by atoms with Gasteiger partial charge in [0.25, 0.3) is 0 Å². The second kappa shape index (κ2) is 10.1. The van der Waals surface area contributed by atoms with Crippen molar-refractivity contribution in [3.05, 3.63) is 47.6 Å². The summed E-state index contributed by atoms with van der Waals surface area (Å²) in [6.07, 6.45) is 12.5. The highest BCUT2D eigenvalue weighted by atomic mass is 16.2. The van der Waals surface area contributed by atoms with Crippen molar-refractivity contribution in [3.63, 3.8) is 0 Å². The smallest absolute Gasteiger partial charge is 0.0615 e. The van der Waals surface area contributed by atoms with E-state index in [1.807, 2.05) is 6.08 Å². The van der Waals surface area contributed by atoms with Crippen molar-refractivity contribution in [2.75, 3.05) is 6.61 Å². The fourth-order valence-corrected chi connectivity index (χ4v) is 1.50. The zero-order chi connectivity index (χ0) is 13.1. The molecule has 0 saturated carbocycles. The van der Waals surface area contributed by atoms with E-state index in [1.54, 1.807) is 6.08 Å². The summed E-state index contributed by atoms with van der Waals surface area (Å²) in [6.45, 7) is 10.5. The molecular formula is C16H26O. The maximum Gasteiger partial charge on any atom is 0.0615 e. The van der Waals surface area contributed by atoms with Crippen LogP contribution in [0.1, 0.15) is 46.5 Å². The number of hydrogen-bond acceptors (Lipinski definition) is 1. The Morgan fingerprint density at radius 3 is 2.29 bits per heavy atom. The zero-order valence-electron chi connectivity index (χ0n) is 11.5. The molecule has 0 aliphatic carbocycles. The third-order valence-electron chi connectivity index (χ3n) is 2.51. The van der Waals surface area contributed by atoms with Gasteiger partial charge in [-0.25, -0.2) is 0 Å². The molecule has 0 aromatic heterocycles. The molecule has 0 atom stereocenters. The Balaban J connectivity index is 3.80. The monoisotopic (exact) mass is 234 g/mol. The van der Waals surface area contributed by atoms with Crippen molar-refractivity contribution in [1.82, 2.24) is 0 Å². The molecule has 0 amide bonds. The summed E-state index contributed by atoms with van der Waals surface area (Å²) < 4.78 is 0. The van der Waals surface area contributed by atoms with E-state index in [0.717, 1.165) is 31.3 Å². The van der Waals surface area contributed by atoms with Crippen LogP contribution in [0.5, 0.6) is 0 Å². The number of aliphatic hydroxyl groups is 1. The summed E-state index contributed by atoms with van der Waals surface area (Å²) in [6, 6.07) is 0. The SMILES string of the molecule is C=C(/C=C/CO)CC/C=C(\C)CCC=C(C)C. The summed E-state index contributed by atoms with van der Waals surface area (Å²) in [5.41, 5.74) is 3.91. The van der Waals surface area contributed by atoms with E-state index < -0.39 is 0 Å². The number of hydrogen-bond donors (Lipinski definition) is 1. The molecule has 0 heterocycles. The summed E-state index contributed by atoms with van der Waals surface area (Å²) in [4.78, 5) is 0. The first-order valence-corrected chi connectivity index (χ1v) is 6.30. The number of aliphatic hydroxyl groups excluding tert-OH is 1. The van der Waals surface area contributed by atoms with Gasteiger partial charge in [0.15, 0.2) is 0 Å². The largest absolute Gasteiger partial charge is 0.392 e. The first-order valence-electron chi connectivity index (χ1n) is 6.30. The first kappa shape index (κ1) is 15.9. The Kier molecular flexibility index (Phi) is 9.46. The predicted octanol–water partition coefficient (Wildman–Crippen LogP) is 4.56. The minimum atomic E-state index is 0.0938. The molecule has 0 saturated heterocycles. The van der Waals surface area contributed by atoms with Crippen LogP contribution >= 0.6 is 0 Å². The molecular weight excluding hydrogens is 208 g/mol. The fourth-order valence-electron chi connectivity index (χ4n) is 1.50. The zero-order valence-corrected chi connectivity index (χ0v) is 11.5. The standard InChI is InChI=1S/C16H26O/c1-14(2)8-5-9-15(3)10-6-11-16(4)12-7-13-17/h7-8,10,12,17H,4-6,9,11,13H2,1-3H3/b12-7+,15-10+. The van der Waals surface area contributed by atoms with Crippen LogP contribution in [0.15, 0.2) is 47.6 Å². The average Bonchev–Trinajstić information content (AvgIpc) is 2.25. The van der Waals surface area contributed by atoms with Gasteiger partial charge in [0.05, 0.1) is 6.61 Å². The van der Waals surface area contributed by atoms with E-state index in [9.17, 15) is 0 Å². The highest BCUT2D eigenvalue weighted by Crippen LogP contribution is 2.11. The molecule has 0 aromatic carbocycles. The van der Waals surface area contributed by atoms with Gasteiger partial charge in [0.2, 0.25) is 0 Å². The highest BCUT2D eigenvalue weighted by Gasteiger charge is 1.91. The lowest BCUT2D eigenvalue weighted by molar-refractivity contribution is 0.342. The predicted molar refractivity (Wildman–Crippen MR) is 77.0 cm³/mol. The van der Waals surface area contributed by atoms with Crippen molar-refractivity contribution in [1.29, 1.82) is 0 Å². The second-order valence-electron chi connectivity index (χ2n) is 4.65. The minimum absolute atomic E-state index is 0.0938. The van der Waals surface area contributed by atoms with E-state index >= 15 is 0 Å². The summed E-state index contributed by atoms with van der Waals surface area (Å²) in [5, 5.41) is 8.63. The Labute approximate surface area is 106 Å². The van der Waals surface area contributed by atoms with Crippen molar-refractivity contribution < 1.29 is 5.11 Å². The van der Waals surface area contributed by atoms with Gasteiger partial charge < -0.3 is 5.11 Å². The Hall–Kier alpha value is -1.08. The van der Waals surface area contributed by atoms with Crippen LogP contribution in [0.4, 0.5) is 0 Å². The summed E-state index contributed by atoms with van der Waals surface area (Å²) in [7, 11) is 0. The third-order valence-corrected chi connectivity index (χ3v) is 2.51. The van der Waals surface area contributed by atoms with Crippen molar-refractivity contribution in [2.45, 2.75) is 46.5 Å². The van der Waals surface area contributed by atoms with Crippen LogP contribution in [-0.2, 0) is 0 Å². The Morgan fingerprint density at radius 1 is 1.06 bits per heavy atom. The molecule has 0 rings (SSSR count). The Morgan fingerprint density at radius 2 is 1.71 bits per heavy atom. The maximum absolute atomic E-state index is 8.63. The molecule has 1 nitrogen and oxygen atoms in total. The molecule has 0 aliphatic heterocycles. The van der Waals surface area contributed by atoms with Gasteiger partial charge in [0, 0.05) is 0 Å². The lowest BCUT2D eigenvalue weighted by Gasteiger charge is -2.00. The highest BCUT2D eigenvalue weighted by molar-refractivity contribution is 5.15. The van der Waals surface area contributed by atoms with Crippen molar-refractivity contribution in [2.24, 2.45) is 0 Å². The van der Waals surface area contributed by atoms with Crippen LogP contribution in [0, 0.1) is 0 Å². The maximum atomic E-state index is 8.63. The van der Waals surface area contributed by atoms with Crippen LogP contribution in [0.2, 0.25) is 0 Å². The normalized spacial score (nSPS) is 11.9. The molecule has 96 valence electrons. The molecule has 0 fully saturated rings. The Bertz CT molecular complexity index is 301. The van der Waals surface area contributed by atoms with Crippen molar-refractivity contribution >= 4 is 0 Å². The minimum Gasteiger partial charge on any atom is -0.392 e. The third kappa shape index (κ3) is 11.2. The molecule has 0 aromatic rings. The van der Waals surface area contributed by atoms with Gasteiger partial charge in [0.1, 0.15) is 0 Å². The van der Waals surface area contributed by atoms with Gasteiger partial charge >= 0.3 is 0 Å². The fraction of sp³-hybridized carbons (Fsp3) is 0.500. The topological polar surface area (TPSA) is 20.2 Å². The molecule has 0 aliphatic rings. The molecule has 17 heavy (non-hydrogen) atoms. The number of allylic oxidation sites excluding steroid dienone is 6. The van der Waals surface area contributed by atoms with Gasteiger partial charge in [-0.3, -0.25) is 0 Å². The van der Waals surface area contributed by atoms with Crippen LogP contribution in [0.25, 0.3) is 0 Å². The van der Waals surface area contributed by atoms with E-state index in [0.29, 0.717) is 0 Å². The van der Waals surface area contributed by atoms with Gasteiger partial charge in [-0.1, -0.05) is 47.6 Å². The number of rotatable bonds is 8. The van der Waals surface area contributed by atoms with Gasteiger partial charge in [-0.05, 0) is 46.5 Å². The first-order chi connectivity index (χ1) is 8.06. The molecule has 0 unspecified atom stereocenters. The van der Waals surface area contributed by atoms with Crippen molar-refractivity contribution in [3.8, 4) is 0 Å². The lowest BCUT2D eigenvalue weighted by atomic mass is 10.1. The second-order valence-corrected chi connectivity index (χ2v) is 4.65. The van der Waals surface area contributed by atoms with E-state index in [-0.39, 0.29) is 6.61 Å². The van der Waals surface area contributed by atoms with Crippen LogP contribution in [0.3, 0.4) is 0 Å². The summed E-state index contributed by atoms with van der Waals surface area (Å²) >= 11 is 0. The molecule has 0 radical (unpaired) electrons.